The Morgan fingerprint density at radius 2 is 2.13 bits per heavy atom. The molecule has 3 heteroatoms. The highest BCUT2D eigenvalue weighted by Crippen LogP contribution is 2.02. The number of nitrogens with one attached hydrogen (secondary N) is 1. The van der Waals surface area contributed by atoms with Gasteiger partial charge in [0.1, 0.15) is 0 Å². The van der Waals surface area contributed by atoms with Crippen molar-refractivity contribution in [1.29, 1.82) is 0 Å². The summed E-state index contributed by atoms with van der Waals surface area (Å²) < 4.78 is 2.03. The Morgan fingerprint density at radius 1 is 1.40 bits per heavy atom. The third kappa shape index (κ3) is 4.47. The molecule has 0 bridgehead atoms. The van der Waals surface area contributed by atoms with Gasteiger partial charge in [-0.15, -0.1) is 0 Å². The summed E-state index contributed by atoms with van der Waals surface area (Å²) in [4.78, 5) is 0. The van der Waals surface area contributed by atoms with Crippen LogP contribution in [0.3, 0.4) is 0 Å². The van der Waals surface area contributed by atoms with Gasteiger partial charge in [0.25, 0.3) is 0 Å². The summed E-state index contributed by atoms with van der Waals surface area (Å²) in [5, 5.41) is 7.80. The van der Waals surface area contributed by atoms with Crippen LogP contribution in [-0.2, 0) is 13.1 Å². The minimum Gasteiger partial charge on any atom is -0.310 e. The summed E-state index contributed by atoms with van der Waals surface area (Å²) >= 11 is 0. The van der Waals surface area contributed by atoms with Gasteiger partial charge in [-0.2, -0.15) is 5.10 Å². The van der Waals surface area contributed by atoms with Gasteiger partial charge in [0.15, 0.2) is 0 Å². The molecule has 3 nitrogen and oxygen atoms in total. The standard InChI is InChI=1S/C12H23N3/c1-5-11(4)13-6-12-7-14-15(9-12)8-10(2)3/h7,9-11,13H,5-6,8H2,1-4H3. The first-order valence-electron chi connectivity index (χ1n) is 5.86. The highest BCUT2D eigenvalue weighted by atomic mass is 15.3. The van der Waals surface area contributed by atoms with E-state index in [-0.39, 0.29) is 0 Å². The minimum absolute atomic E-state index is 0.582. The molecule has 0 spiro atoms. The van der Waals surface area contributed by atoms with Crippen LogP contribution >= 0.6 is 0 Å². The zero-order valence-corrected chi connectivity index (χ0v) is 10.3. The van der Waals surface area contributed by atoms with E-state index in [9.17, 15) is 0 Å². The molecule has 0 fully saturated rings. The summed E-state index contributed by atoms with van der Waals surface area (Å²) in [5.74, 6) is 0.653. The second-order valence-electron chi connectivity index (χ2n) is 4.65. The van der Waals surface area contributed by atoms with Gasteiger partial charge in [0.05, 0.1) is 6.20 Å². The molecule has 0 amide bonds. The molecule has 1 aromatic heterocycles. The Kier molecular flexibility index (Phi) is 4.82. The lowest BCUT2D eigenvalue weighted by Crippen LogP contribution is -2.24. The Labute approximate surface area is 92.9 Å². The van der Waals surface area contributed by atoms with Crippen LogP contribution in [0.5, 0.6) is 0 Å². The maximum Gasteiger partial charge on any atom is 0.0534 e. The lowest BCUT2D eigenvalue weighted by molar-refractivity contribution is 0.482. The Morgan fingerprint density at radius 3 is 2.73 bits per heavy atom. The van der Waals surface area contributed by atoms with E-state index < -0.39 is 0 Å². The van der Waals surface area contributed by atoms with E-state index in [1.54, 1.807) is 0 Å². The van der Waals surface area contributed by atoms with Crippen molar-refractivity contribution in [2.24, 2.45) is 5.92 Å². The van der Waals surface area contributed by atoms with E-state index in [1.807, 2.05) is 10.9 Å². The fourth-order valence-electron chi connectivity index (χ4n) is 1.41. The van der Waals surface area contributed by atoms with Crippen LogP contribution in [0.15, 0.2) is 12.4 Å². The van der Waals surface area contributed by atoms with Crippen molar-refractivity contribution in [3.63, 3.8) is 0 Å². The number of hydrogen-bond donors (Lipinski definition) is 1. The van der Waals surface area contributed by atoms with Crippen molar-refractivity contribution >= 4 is 0 Å². The summed E-state index contributed by atoms with van der Waals surface area (Å²) in [6, 6.07) is 0.582. The molecule has 1 heterocycles. The normalized spacial score (nSPS) is 13.4. The van der Waals surface area contributed by atoms with Crippen molar-refractivity contribution in [2.45, 2.75) is 53.2 Å². The van der Waals surface area contributed by atoms with Crippen LogP contribution in [0.1, 0.15) is 39.7 Å². The molecule has 86 valence electrons. The van der Waals surface area contributed by atoms with Crippen molar-refractivity contribution in [3.05, 3.63) is 18.0 Å². The molecule has 0 aromatic carbocycles. The quantitative estimate of drug-likeness (QED) is 0.780. The van der Waals surface area contributed by atoms with E-state index in [2.05, 4.69) is 44.3 Å². The second kappa shape index (κ2) is 5.91. The average molecular weight is 209 g/mol. The van der Waals surface area contributed by atoms with Crippen molar-refractivity contribution in [3.8, 4) is 0 Å². The minimum atomic E-state index is 0.582. The lowest BCUT2D eigenvalue weighted by atomic mass is 10.2. The van der Waals surface area contributed by atoms with Crippen LogP contribution < -0.4 is 5.32 Å². The van der Waals surface area contributed by atoms with Gasteiger partial charge in [-0.3, -0.25) is 4.68 Å². The fraction of sp³-hybridized carbons (Fsp3) is 0.750. The van der Waals surface area contributed by atoms with E-state index in [0.717, 1.165) is 13.1 Å². The van der Waals surface area contributed by atoms with Crippen LogP contribution in [0, 0.1) is 5.92 Å². The molecule has 0 aliphatic rings. The first-order valence-corrected chi connectivity index (χ1v) is 5.86. The predicted octanol–water partition coefficient (Wildman–Crippen LogP) is 2.43. The Hall–Kier alpha value is -0.830. The third-order valence-corrected chi connectivity index (χ3v) is 2.51. The van der Waals surface area contributed by atoms with Gasteiger partial charge in [0.2, 0.25) is 0 Å². The molecule has 0 saturated carbocycles. The van der Waals surface area contributed by atoms with Gasteiger partial charge in [-0.1, -0.05) is 20.8 Å². The monoisotopic (exact) mass is 209 g/mol. The first kappa shape index (κ1) is 12.2. The second-order valence-corrected chi connectivity index (χ2v) is 4.65. The van der Waals surface area contributed by atoms with Crippen LogP contribution in [0.4, 0.5) is 0 Å². The SMILES string of the molecule is CCC(C)NCc1cnn(CC(C)C)c1. The first-order chi connectivity index (χ1) is 7.11. The number of nitrogens with zero attached hydrogens (tertiary/aromatic N) is 2. The maximum absolute atomic E-state index is 4.34. The summed E-state index contributed by atoms with van der Waals surface area (Å²) in [6.45, 7) is 10.7. The van der Waals surface area contributed by atoms with E-state index in [4.69, 9.17) is 0 Å². The zero-order chi connectivity index (χ0) is 11.3. The summed E-state index contributed by atoms with van der Waals surface area (Å²) in [6.07, 6.45) is 5.26. The molecule has 1 N–H and O–H groups in total. The smallest absolute Gasteiger partial charge is 0.0534 e. The highest BCUT2D eigenvalue weighted by Gasteiger charge is 2.02. The van der Waals surface area contributed by atoms with Crippen molar-refractivity contribution < 1.29 is 0 Å². The molecule has 0 aliphatic heterocycles. The van der Waals surface area contributed by atoms with E-state index >= 15 is 0 Å². The largest absolute Gasteiger partial charge is 0.310 e. The number of rotatable bonds is 6. The fourth-order valence-corrected chi connectivity index (χ4v) is 1.41. The molecule has 1 aromatic rings. The maximum atomic E-state index is 4.34. The number of hydrogen-bond acceptors (Lipinski definition) is 2. The summed E-state index contributed by atoms with van der Waals surface area (Å²) in [5.41, 5.74) is 1.27. The third-order valence-electron chi connectivity index (χ3n) is 2.51. The Balaban J connectivity index is 2.39. The van der Waals surface area contributed by atoms with Crippen molar-refractivity contribution in [2.75, 3.05) is 0 Å². The van der Waals surface area contributed by atoms with Gasteiger partial charge in [0, 0.05) is 30.9 Å². The summed E-state index contributed by atoms with van der Waals surface area (Å²) in [7, 11) is 0. The molecule has 0 radical (unpaired) electrons. The zero-order valence-electron chi connectivity index (χ0n) is 10.3. The van der Waals surface area contributed by atoms with Crippen molar-refractivity contribution in [1.82, 2.24) is 15.1 Å². The molecule has 1 unspecified atom stereocenters. The molecule has 0 saturated heterocycles. The molecular formula is C12H23N3. The van der Waals surface area contributed by atoms with E-state index in [1.165, 1.54) is 12.0 Å². The average Bonchev–Trinajstić information content (AvgIpc) is 2.61. The molecule has 15 heavy (non-hydrogen) atoms. The molecule has 1 rings (SSSR count). The van der Waals surface area contributed by atoms with Gasteiger partial charge in [-0.05, 0) is 19.3 Å². The van der Waals surface area contributed by atoms with Gasteiger partial charge >= 0.3 is 0 Å². The lowest BCUT2D eigenvalue weighted by Gasteiger charge is -2.09. The van der Waals surface area contributed by atoms with Crippen LogP contribution in [0.2, 0.25) is 0 Å². The van der Waals surface area contributed by atoms with E-state index in [0.29, 0.717) is 12.0 Å². The Bertz CT molecular complexity index is 278. The van der Waals surface area contributed by atoms with Crippen LogP contribution in [-0.4, -0.2) is 15.8 Å². The van der Waals surface area contributed by atoms with Gasteiger partial charge < -0.3 is 5.32 Å². The predicted molar refractivity (Wildman–Crippen MR) is 63.7 cm³/mol. The highest BCUT2D eigenvalue weighted by molar-refractivity contribution is 5.03. The number of aromatic nitrogens is 2. The topological polar surface area (TPSA) is 29.9 Å². The molecule has 0 aliphatic carbocycles. The molecule has 1 atom stereocenters. The molecular weight excluding hydrogens is 186 g/mol. The van der Waals surface area contributed by atoms with Crippen LogP contribution in [0.25, 0.3) is 0 Å². The van der Waals surface area contributed by atoms with Gasteiger partial charge in [-0.25, -0.2) is 0 Å².